The standard InChI is InChI=1S/C22H28N2O3S/c1-16-20(24-22(27-16)18-9-6-10-19(13-18)26-2)14-28-15-21(25)23-12-11-17-7-4-3-5-8-17/h6-7,9-10,13H,3-5,8,11-12,14-15H2,1-2H3,(H,23,25). The fourth-order valence-corrected chi connectivity index (χ4v) is 4.08. The van der Waals surface area contributed by atoms with Crippen LogP contribution in [-0.2, 0) is 10.5 Å². The molecule has 150 valence electrons. The van der Waals surface area contributed by atoms with Crippen LogP contribution >= 0.6 is 11.8 Å². The Kier molecular flexibility index (Phi) is 7.60. The van der Waals surface area contributed by atoms with E-state index < -0.39 is 0 Å². The van der Waals surface area contributed by atoms with Crippen LogP contribution in [-0.4, -0.2) is 30.3 Å². The van der Waals surface area contributed by atoms with Crippen molar-refractivity contribution in [1.82, 2.24) is 10.3 Å². The molecule has 1 heterocycles. The Labute approximate surface area is 170 Å². The van der Waals surface area contributed by atoms with Crippen molar-refractivity contribution in [2.24, 2.45) is 0 Å². The number of nitrogens with zero attached hydrogens (tertiary/aromatic N) is 1. The molecule has 0 atom stereocenters. The Morgan fingerprint density at radius 3 is 3.04 bits per heavy atom. The number of thioether (sulfide) groups is 1. The second-order valence-electron chi connectivity index (χ2n) is 6.95. The Morgan fingerprint density at radius 1 is 1.36 bits per heavy atom. The molecule has 0 aliphatic heterocycles. The van der Waals surface area contributed by atoms with Gasteiger partial charge in [0.1, 0.15) is 11.5 Å². The van der Waals surface area contributed by atoms with Crippen molar-refractivity contribution in [2.45, 2.75) is 44.8 Å². The molecule has 1 aromatic heterocycles. The second kappa shape index (κ2) is 10.4. The van der Waals surface area contributed by atoms with Gasteiger partial charge in [0.25, 0.3) is 0 Å². The van der Waals surface area contributed by atoms with Gasteiger partial charge in [-0.05, 0) is 57.2 Å². The number of methoxy groups -OCH3 is 1. The van der Waals surface area contributed by atoms with Crippen molar-refractivity contribution in [1.29, 1.82) is 0 Å². The summed E-state index contributed by atoms with van der Waals surface area (Å²) in [7, 11) is 1.64. The summed E-state index contributed by atoms with van der Waals surface area (Å²) >= 11 is 1.56. The third-order valence-corrected chi connectivity index (χ3v) is 5.78. The Balaban J connectivity index is 1.43. The number of oxazole rings is 1. The third-order valence-electron chi connectivity index (χ3n) is 4.83. The molecule has 0 fully saturated rings. The van der Waals surface area contributed by atoms with Crippen LogP contribution in [0.15, 0.2) is 40.3 Å². The van der Waals surface area contributed by atoms with E-state index in [1.54, 1.807) is 18.9 Å². The highest BCUT2D eigenvalue weighted by Gasteiger charge is 2.13. The van der Waals surface area contributed by atoms with E-state index in [1.165, 1.54) is 31.3 Å². The Morgan fingerprint density at radius 2 is 2.25 bits per heavy atom. The van der Waals surface area contributed by atoms with E-state index in [4.69, 9.17) is 9.15 Å². The summed E-state index contributed by atoms with van der Waals surface area (Å²) in [6.45, 7) is 2.64. The summed E-state index contributed by atoms with van der Waals surface area (Å²) in [5.74, 6) is 3.30. The summed E-state index contributed by atoms with van der Waals surface area (Å²) in [5, 5.41) is 3.02. The smallest absolute Gasteiger partial charge is 0.230 e. The molecule has 1 aliphatic carbocycles. The number of carbonyl (C=O) groups is 1. The van der Waals surface area contributed by atoms with Crippen LogP contribution in [0.1, 0.15) is 43.6 Å². The third kappa shape index (κ3) is 5.89. The van der Waals surface area contributed by atoms with Crippen LogP contribution in [0.25, 0.3) is 11.5 Å². The van der Waals surface area contributed by atoms with Gasteiger partial charge in [0.05, 0.1) is 18.6 Å². The normalized spacial score (nSPS) is 13.9. The van der Waals surface area contributed by atoms with Crippen LogP contribution in [0.2, 0.25) is 0 Å². The van der Waals surface area contributed by atoms with Gasteiger partial charge in [-0.15, -0.1) is 11.8 Å². The van der Waals surface area contributed by atoms with Gasteiger partial charge in [0, 0.05) is 17.9 Å². The molecule has 0 unspecified atom stereocenters. The van der Waals surface area contributed by atoms with Crippen molar-refractivity contribution in [2.75, 3.05) is 19.4 Å². The predicted molar refractivity (Wildman–Crippen MR) is 114 cm³/mol. The number of nitrogens with one attached hydrogen (secondary N) is 1. The molecule has 0 bridgehead atoms. The first-order valence-corrected chi connectivity index (χ1v) is 10.9. The van der Waals surface area contributed by atoms with Gasteiger partial charge in [-0.25, -0.2) is 4.98 Å². The first-order chi connectivity index (χ1) is 13.7. The fraction of sp³-hybridized carbons (Fsp3) is 0.455. The number of benzene rings is 1. The molecule has 0 saturated heterocycles. The van der Waals surface area contributed by atoms with Crippen LogP contribution in [0, 0.1) is 6.92 Å². The zero-order valence-electron chi connectivity index (χ0n) is 16.6. The molecule has 6 heteroatoms. The van der Waals surface area contributed by atoms with E-state index in [1.807, 2.05) is 31.2 Å². The van der Waals surface area contributed by atoms with Crippen molar-refractivity contribution >= 4 is 17.7 Å². The maximum absolute atomic E-state index is 12.0. The van der Waals surface area contributed by atoms with Crippen molar-refractivity contribution in [3.8, 4) is 17.2 Å². The lowest BCUT2D eigenvalue weighted by molar-refractivity contribution is -0.118. The number of amides is 1. The molecule has 1 amide bonds. The van der Waals surface area contributed by atoms with Gasteiger partial charge in [-0.1, -0.05) is 17.7 Å². The number of rotatable bonds is 9. The highest BCUT2D eigenvalue weighted by molar-refractivity contribution is 7.99. The van der Waals surface area contributed by atoms with Crippen LogP contribution in [0.5, 0.6) is 5.75 Å². The summed E-state index contributed by atoms with van der Waals surface area (Å²) in [5.41, 5.74) is 3.25. The van der Waals surface area contributed by atoms with Crippen LogP contribution in [0.4, 0.5) is 0 Å². The molecule has 3 rings (SSSR count). The van der Waals surface area contributed by atoms with Crippen LogP contribution in [0.3, 0.4) is 0 Å². The summed E-state index contributed by atoms with van der Waals surface area (Å²) in [6.07, 6.45) is 8.26. The molecule has 1 N–H and O–H groups in total. The van der Waals surface area contributed by atoms with E-state index in [-0.39, 0.29) is 5.91 Å². The number of hydrogen-bond donors (Lipinski definition) is 1. The van der Waals surface area contributed by atoms with Gasteiger partial charge in [0.15, 0.2) is 0 Å². The molecule has 1 aromatic carbocycles. The number of aromatic nitrogens is 1. The summed E-state index contributed by atoms with van der Waals surface area (Å²) < 4.78 is 11.1. The summed E-state index contributed by atoms with van der Waals surface area (Å²) in [6, 6.07) is 7.65. The first-order valence-electron chi connectivity index (χ1n) is 9.79. The number of aryl methyl sites for hydroxylation is 1. The SMILES string of the molecule is COc1cccc(-c2nc(CSCC(=O)NCCC3=CCCCC3)c(C)o2)c1. The zero-order chi connectivity index (χ0) is 19.8. The van der Waals surface area contributed by atoms with Crippen molar-refractivity contribution < 1.29 is 13.9 Å². The molecule has 0 saturated carbocycles. The first kappa shape index (κ1) is 20.5. The minimum atomic E-state index is 0.0792. The zero-order valence-corrected chi connectivity index (χ0v) is 17.4. The molecular weight excluding hydrogens is 372 g/mol. The highest BCUT2D eigenvalue weighted by Crippen LogP contribution is 2.26. The lowest BCUT2D eigenvalue weighted by Gasteiger charge is -2.12. The Hall–Kier alpha value is -2.21. The number of hydrogen-bond acceptors (Lipinski definition) is 5. The van der Waals surface area contributed by atoms with E-state index >= 15 is 0 Å². The largest absolute Gasteiger partial charge is 0.497 e. The molecule has 5 nitrogen and oxygen atoms in total. The van der Waals surface area contributed by atoms with Crippen molar-refractivity contribution in [3.63, 3.8) is 0 Å². The van der Waals surface area contributed by atoms with E-state index in [0.29, 0.717) is 17.4 Å². The number of ether oxygens (including phenoxy) is 1. The Bertz CT molecular complexity index is 829. The average molecular weight is 401 g/mol. The van der Waals surface area contributed by atoms with Crippen molar-refractivity contribution in [3.05, 3.63) is 47.4 Å². The summed E-state index contributed by atoms with van der Waals surface area (Å²) in [4.78, 5) is 16.6. The topological polar surface area (TPSA) is 64.4 Å². The minimum absolute atomic E-state index is 0.0792. The molecule has 28 heavy (non-hydrogen) atoms. The number of allylic oxidation sites excluding steroid dienone is 1. The molecule has 2 aromatic rings. The van der Waals surface area contributed by atoms with E-state index in [2.05, 4.69) is 16.4 Å². The maximum atomic E-state index is 12.0. The minimum Gasteiger partial charge on any atom is -0.497 e. The lowest BCUT2D eigenvalue weighted by Crippen LogP contribution is -2.26. The number of carbonyl (C=O) groups excluding carboxylic acids is 1. The van der Waals surface area contributed by atoms with E-state index in [0.717, 1.165) is 35.7 Å². The monoisotopic (exact) mass is 400 g/mol. The molecular formula is C22H28N2O3S. The van der Waals surface area contributed by atoms with Crippen LogP contribution < -0.4 is 10.1 Å². The highest BCUT2D eigenvalue weighted by atomic mass is 32.2. The average Bonchev–Trinajstić information content (AvgIpc) is 3.09. The molecule has 0 spiro atoms. The fourth-order valence-electron chi connectivity index (χ4n) is 3.23. The second-order valence-corrected chi connectivity index (χ2v) is 7.94. The van der Waals surface area contributed by atoms with Gasteiger partial charge < -0.3 is 14.5 Å². The maximum Gasteiger partial charge on any atom is 0.230 e. The predicted octanol–water partition coefficient (Wildman–Crippen LogP) is 4.90. The molecule has 1 aliphatic rings. The van der Waals surface area contributed by atoms with E-state index in [9.17, 15) is 4.79 Å². The van der Waals surface area contributed by atoms with Gasteiger partial charge in [-0.2, -0.15) is 0 Å². The quantitative estimate of drug-likeness (QED) is 0.607. The molecule has 0 radical (unpaired) electrons. The lowest BCUT2D eigenvalue weighted by atomic mass is 9.97. The van der Waals surface area contributed by atoms with Gasteiger partial charge in [-0.3, -0.25) is 4.79 Å². The van der Waals surface area contributed by atoms with Gasteiger partial charge in [0.2, 0.25) is 11.8 Å². The van der Waals surface area contributed by atoms with Gasteiger partial charge >= 0.3 is 0 Å².